The molecule has 0 aliphatic carbocycles. The van der Waals surface area contributed by atoms with E-state index >= 15 is 0 Å². The van der Waals surface area contributed by atoms with Crippen molar-refractivity contribution >= 4 is 53.7 Å². The highest BCUT2D eigenvalue weighted by atomic mass is 79.9. The largest absolute Gasteiger partial charge is 0.150 e. The molecule has 102 valence electrons. The van der Waals surface area contributed by atoms with Gasteiger partial charge in [0.05, 0.1) is 5.69 Å². The molecule has 0 amide bonds. The molecular formula is C16H9Br2N3. The van der Waals surface area contributed by atoms with E-state index in [1.165, 1.54) is 5.39 Å². The van der Waals surface area contributed by atoms with Crippen LogP contribution in [0.15, 0.2) is 63.5 Å². The molecule has 0 radical (unpaired) electrons. The lowest BCUT2D eigenvalue weighted by Gasteiger charge is -2.04. The minimum Gasteiger partial charge on any atom is -0.150 e. The smallest absolute Gasteiger partial charge is 0.129 e. The average Bonchev–Trinajstić information content (AvgIpc) is 2.97. The number of aromatic nitrogens is 3. The molecule has 0 unspecified atom stereocenters. The van der Waals surface area contributed by atoms with Crippen LogP contribution in [-0.4, -0.2) is 15.0 Å². The zero-order chi connectivity index (χ0) is 14.4. The Morgan fingerprint density at radius 2 is 1.33 bits per heavy atom. The molecule has 1 aromatic heterocycles. The third kappa shape index (κ3) is 2.08. The fourth-order valence-corrected chi connectivity index (χ4v) is 3.22. The van der Waals surface area contributed by atoms with Gasteiger partial charge < -0.3 is 0 Å². The Kier molecular flexibility index (Phi) is 3.05. The van der Waals surface area contributed by atoms with Crippen LogP contribution >= 0.6 is 31.9 Å². The van der Waals surface area contributed by atoms with Crippen LogP contribution in [0, 0.1) is 0 Å². The van der Waals surface area contributed by atoms with Crippen molar-refractivity contribution in [1.82, 2.24) is 15.0 Å². The standard InChI is InChI=1S/C16H9Br2N3/c17-12-8-9-13(18)16-15(12)19-21(20-16)14-7-3-5-10-4-1-2-6-11(10)14/h1-9H. The molecule has 0 spiro atoms. The van der Waals surface area contributed by atoms with Crippen molar-refractivity contribution < 1.29 is 0 Å². The fourth-order valence-electron chi connectivity index (χ4n) is 2.42. The summed E-state index contributed by atoms with van der Waals surface area (Å²) in [5, 5.41) is 11.6. The third-order valence-electron chi connectivity index (χ3n) is 3.42. The molecule has 0 fully saturated rings. The summed E-state index contributed by atoms with van der Waals surface area (Å²) in [7, 11) is 0. The molecule has 0 saturated heterocycles. The predicted molar refractivity (Wildman–Crippen MR) is 91.8 cm³/mol. The second-order valence-electron chi connectivity index (χ2n) is 4.71. The Morgan fingerprint density at radius 1 is 0.714 bits per heavy atom. The van der Waals surface area contributed by atoms with Crippen molar-refractivity contribution in [3.05, 3.63) is 63.5 Å². The van der Waals surface area contributed by atoms with Gasteiger partial charge in [0.2, 0.25) is 0 Å². The van der Waals surface area contributed by atoms with E-state index in [4.69, 9.17) is 0 Å². The normalized spacial score (nSPS) is 11.3. The van der Waals surface area contributed by atoms with Gasteiger partial charge in [-0.3, -0.25) is 0 Å². The van der Waals surface area contributed by atoms with Crippen LogP contribution in [0.1, 0.15) is 0 Å². The van der Waals surface area contributed by atoms with Gasteiger partial charge in [-0.25, -0.2) is 0 Å². The summed E-state index contributed by atoms with van der Waals surface area (Å²) in [5.41, 5.74) is 2.66. The van der Waals surface area contributed by atoms with Crippen LogP contribution in [0.4, 0.5) is 0 Å². The highest BCUT2D eigenvalue weighted by molar-refractivity contribution is 9.11. The van der Waals surface area contributed by atoms with Crippen molar-refractivity contribution in [1.29, 1.82) is 0 Å². The number of hydrogen-bond donors (Lipinski definition) is 0. The summed E-state index contributed by atoms with van der Waals surface area (Å²) < 4.78 is 1.87. The lowest BCUT2D eigenvalue weighted by molar-refractivity contribution is 0.770. The second-order valence-corrected chi connectivity index (χ2v) is 6.42. The maximum atomic E-state index is 4.62. The first-order chi connectivity index (χ1) is 10.2. The fraction of sp³-hybridized carbons (Fsp3) is 0. The molecule has 4 rings (SSSR count). The molecule has 0 atom stereocenters. The molecule has 0 N–H and O–H groups in total. The molecule has 0 aliphatic heterocycles. The summed E-state index contributed by atoms with van der Waals surface area (Å²) in [6.45, 7) is 0. The number of benzene rings is 3. The van der Waals surface area contributed by atoms with E-state index in [1.54, 1.807) is 4.80 Å². The minimum absolute atomic E-state index is 0.845. The van der Waals surface area contributed by atoms with Gasteiger partial charge in [0.15, 0.2) is 0 Å². The molecule has 3 nitrogen and oxygen atoms in total. The van der Waals surface area contributed by atoms with Gasteiger partial charge in [0, 0.05) is 14.3 Å². The van der Waals surface area contributed by atoms with E-state index in [0.717, 1.165) is 31.1 Å². The Balaban J connectivity index is 2.05. The molecule has 0 saturated carbocycles. The Hall–Kier alpha value is -1.72. The van der Waals surface area contributed by atoms with Gasteiger partial charge in [-0.15, -0.1) is 15.0 Å². The molecule has 3 aromatic carbocycles. The Morgan fingerprint density at radius 3 is 2.05 bits per heavy atom. The Labute approximate surface area is 137 Å². The van der Waals surface area contributed by atoms with E-state index < -0.39 is 0 Å². The first kappa shape index (κ1) is 13.0. The molecule has 21 heavy (non-hydrogen) atoms. The molecule has 4 aromatic rings. The average molecular weight is 403 g/mol. The number of nitrogens with zero attached hydrogens (tertiary/aromatic N) is 3. The summed E-state index contributed by atoms with van der Waals surface area (Å²) >= 11 is 7.06. The number of rotatable bonds is 1. The van der Waals surface area contributed by atoms with Crippen LogP contribution in [-0.2, 0) is 0 Å². The Bertz CT molecular complexity index is 932. The molecule has 1 heterocycles. The molecule has 5 heteroatoms. The van der Waals surface area contributed by atoms with Gasteiger partial charge >= 0.3 is 0 Å². The second kappa shape index (κ2) is 4.93. The predicted octanol–water partition coefficient (Wildman–Crippen LogP) is 5.10. The summed E-state index contributed by atoms with van der Waals surface area (Å²) in [6, 6.07) is 18.3. The topological polar surface area (TPSA) is 30.7 Å². The summed E-state index contributed by atoms with van der Waals surface area (Å²) in [5.74, 6) is 0. The van der Waals surface area contributed by atoms with Crippen LogP contribution in [0.5, 0.6) is 0 Å². The summed E-state index contributed by atoms with van der Waals surface area (Å²) in [6.07, 6.45) is 0. The van der Waals surface area contributed by atoms with Gasteiger partial charge in [-0.1, -0.05) is 36.4 Å². The quantitative estimate of drug-likeness (QED) is 0.443. The van der Waals surface area contributed by atoms with E-state index in [1.807, 2.05) is 36.4 Å². The highest BCUT2D eigenvalue weighted by Crippen LogP contribution is 2.29. The van der Waals surface area contributed by atoms with Crippen molar-refractivity contribution in [2.45, 2.75) is 0 Å². The van der Waals surface area contributed by atoms with Crippen LogP contribution in [0.3, 0.4) is 0 Å². The van der Waals surface area contributed by atoms with Crippen molar-refractivity contribution in [2.75, 3.05) is 0 Å². The molecular weight excluding hydrogens is 394 g/mol. The monoisotopic (exact) mass is 401 g/mol. The van der Waals surface area contributed by atoms with E-state index in [9.17, 15) is 0 Å². The lowest BCUT2D eigenvalue weighted by Crippen LogP contribution is -1.99. The van der Waals surface area contributed by atoms with E-state index in [2.05, 4.69) is 60.3 Å². The van der Waals surface area contributed by atoms with Gasteiger partial charge in [-0.2, -0.15) is 0 Å². The van der Waals surface area contributed by atoms with E-state index in [0.29, 0.717) is 0 Å². The number of halogens is 2. The maximum Gasteiger partial charge on any atom is 0.129 e. The summed E-state index contributed by atoms with van der Waals surface area (Å²) in [4.78, 5) is 1.70. The first-order valence-electron chi connectivity index (χ1n) is 6.43. The number of hydrogen-bond acceptors (Lipinski definition) is 2. The lowest BCUT2D eigenvalue weighted by atomic mass is 10.1. The first-order valence-corrected chi connectivity index (χ1v) is 8.02. The zero-order valence-electron chi connectivity index (χ0n) is 10.8. The molecule has 0 aliphatic rings. The van der Waals surface area contributed by atoms with Crippen molar-refractivity contribution in [3.8, 4) is 5.69 Å². The minimum atomic E-state index is 0.845. The highest BCUT2D eigenvalue weighted by Gasteiger charge is 2.12. The van der Waals surface area contributed by atoms with Gasteiger partial charge in [0.1, 0.15) is 11.0 Å². The third-order valence-corrected chi connectivity index (χ3v) is 4.70. The SMILES string of the molecule is Brc1ccc(Br)c2nn(-c3cccc4ccccc34)nc12. The van der Waals surface area contributed by atoms with Crippen LogP contribution < -0.4 is 0 Å². The van der Waals surface area contributed by atoms with Gasteiger partial charge in [0.25, 0.3) is 0 Å². The maximum absolute atomic E-state index is 4.62. The van der Waals surface area contributed by atoms with Crippen molar-refractivity contribution in [3.63, 3.8) is 0 Å². The van der Waals surface area contributed by atoms with E-state index in [-0.39, 0.29) is 0 Å². The number of fused-ring (bicyclic) bond motifs is 2. The molecule has 0 bridgehead atoms. The zero-order valence-corrected chi connectivity index (χ0v) is 14.0. The van der Waals surface area contributed by atoms with Crippen LogP contribution in [0.25, 0.3) is 27.5 Å². The van der Waals surface area contributed by atoms with Crippen molar-refractivity contribution in [2.24, 2.45) is 0 Å². The van der Waals surface area contributed by atoms with Crippen LogP contribution in [0.2, 0.25) is 0 Å². The van der Waals surface area contributed by atoms with Gasteiger partial charge in [-0.05, 0) is 55.4 Å².